The molecule has 0 heterocycles. The highest BCUT2D eigenvalue weighted by Crippen LogP contribution is 2.24. The van der Waals surface area contributed by atoms with Crippen LogP contribution in [0.25, 0.3) is 0 Å². The molecule has 1 aliphatic rings. The van der Waals surface area contributed by atoms with E-state index in [1.165, 1.54) is 49.7 Å². The van der Waals surface area contributed by atoms with Gasteiger partial charge in [-0.05, 0) is 69.6 Å². The first kappa shape index (κ1) is 30.4. The van der Waals surface area contributed by atoms with Gasteiger partial charge in [0.2, 0.25) is 0 Å². The number of unbranched alkanes of at least 4 members (excludes halogenated alkanes) is 1. The number of allylic oxidation sites excluding steroid dienone is 11. The lowest BCUT2D eigenvalue weighted by Crippen LogP contribution is -2.02. The molecule has 0 radical (unpaired) electrons. The van der Waals surface area contributed by atoms with Gasteiger partial charge >= 0.3 is 0 Å². The van der Waals surface area contributed by atoms with Crippen molar-refractivity contribution >= 4 is 0 Å². The summed E-state index contributed by atoms with van der Waals surface area (Å²) in [5.74, 6) is 1.90. The minimum absolute atomic E-state index is 0.514. The Labute approximate surface area is 189 Å². The van der Waals surface area contributed by atoms with Gasteiger partial charge in [0.1, 0.15) is 0 Å². The van der Waals surface area contributed by atoms with Crippen LogP contribution in [0.1, 0.15) is 100 Å². The van der Waals surface area contributed by atoms with Gasteiger partial charge in [0.25, 0.3) is 0 Å². The standard InChI is InChI=1S/C14H26.C9H12.C6H12O/c1-5-9-12-14(11-7-3)13(8-4)10-6-2;1-3-9-7-5-4-6-8(9)2;1-4-6(7)5(2)3/h6,8,10,14H,5,7,9,11-12H2,1-4H3;4-7,9H,2-3H2,1H3;7H,4H2,1-3H3/b10-6-,13-8+;;. The van der Waals surface area contributed by atoms with Crippen LogP contribution in [0.15, 0.2) is 71.6 Å². The fraction of sp³-hybridized carbons (Fsp3) is 0.586. The summed E-state index contributed by atoms with van der Waals surface area (Å²) in [6.45, 7) is 20.7. The Kier molecular flexibility index (Phi) is 20.8. The summed E-state index contributed by atoms with van der Waals surface area (Å²) in [6, 6.07) is 0. The Bertz CT molecular complexity index is 579. The van der Waals surface area contributed by atoms with Gasteiger partial charge < -0.3 is 5.11 Å². The van der Waals surface area contributed by atoms with Crippen LogP contribution in [-0.2, 0) is 0 Å². The average molecular weight is 415 g/mol. The zero-order valence-electron chi connectivity index (χ0n) is 21.3. The molecule has 0 aromatic rings. The van der Waals surface area contributed by atoms with Gasteiger partial charge in [-0.3, -0.25) is 0 Å². The lowest BCUT2D eigenvalue weighted by atomic mass is 9.89. The summed E-state index contributed by atoms with van der Waals surface area (Å²) in [7, 11) is 0. The van der Waals surface area contributed by atoms with Crippen LogP contribution in [0.3, 0.4) is 0 Å². The zero-order valence-corrected chi connectivity index (χ0v) is 21.3. The molecule has 1 aliphatic carbocycles. The van der Waals surface area contributed by atoms with Crippen molar-refractivity contribution in [2.75, 3.05) is 0 Å². The number of hydrogen-bond donors (Lipinski definition) is 1. The van der Waals surface area contributed by atoms with Crippen LogP contribution >= 0.6 is 0 Å². The van der Waals surface area contributed by atoms with E-state index in [9.17, 15) is 0 Å². The van der Waals surface area contributed by atoms with Crippen molar-refractivity contribution in [3.05, 3.63) is 71.6 Å². The van der Waals surface area contributed by atoms with Crippen molar-refractivity contribution in [3.8, 4) is 0 Å². The summed E-state index contributed by atoms with van der Waals surface area (Å²) in [6.07, 6.45) is 23.7. The summed E-state index contributed by atoms with van der Waals surface area (Å²) in [5, 5.41) is 8.81. The second-order valence-electron chi connectivity index (χ2n) is 8.05. The van der Waals surface area contributed by atoms with E-state index in [0.29, 0.717) is 11.7 Å². The maximum Gasteiger partial charge on any atom is 0.0906 e. The Morgan fingerprint density at radius 3 is 2.07 bits per heavy atom. The van der Waals surface area contributed by atoms with Gasteiger partial charge in [0.05, 0.1) is 5.76 Å². The smallest absolute Gasteiger partial charge is 0.0906 e. The molecule has 1 N–H and O–H groups in total. The molecule has 30 heavy (non-hydrogen) atoms. The predicted molar refractivity (Wildman–Crippen MR) is 139 cm³/mol. The molecule has 0 spiro atoms. The summed E-state index contributed by atoms with van der Waals surface area (Å²) >= 11 is 0. The lowest BCUT2D eigenvalue weighted by molar-refractivity contribution is 0.387. The van der Waals surface area contributed by atoms with Gasteiger partial charge in [-0.1, -0.05) is 96.1 Å². The molecule has 2 unspecified atom stereocenters. The van der Waals surface area contributed by atoms with Crippen LogP contribution in [0.2, 0.25) is 0 Å². The number of aliphatic hydroxyl groups is 1. The fourth-order valence-corrected chi connectivity index (χ4v) is 3.31. The van der Waals surface area contributed by atoms with Crippen LogP contribution < -0.4 is 0 Å². The van der Waals surface area contributed by atoms with Gasteiger partial charge in [0.15, 0.2) is 0 Å². The first-order valence-electron chi connectivity index (χ1n) is 12.0. The van der Waals surface area contributed by atoms with E-state index in [-0.39, 0.29) is 0 Å². The molecule has 0 saturated carbocycles. The monoisotopic (exact) mass is 414 g/mol. The molecule has 2 atom stereocenters. The minimum atomic E-state index is 0.514. The average Bonchev–Trinajstić information content (AvgIpc) is 2.75. The highest BCUT2D eigenvalue weighted by molar-refractivity contribution is 5.30. The minimum Gasteiger partial charge on any atom is -0.512 e. The molecular formula is C29H50O. The van der Waals surface area contributed by atoms with E-state index in [1.807, 2.05) is 26.8 Å². The Morgan fingerprint density at radius 2 is 1.73 bits per heavy atom. The number of rotatable bonds is 9. The van der Waals surface area contributed by atoms with E-state index in [0.717, 1.165) is 17.9 Å². The first-order chi connectivity index (χ1) is 14.3. The highest BCUT2D eigenvalue weighted by atomic mass is 16.3. The second kappa shape index (κ2) is 20.5. The Hall–Kier alpha value is -1.76. The SMILES string of the molecule is C/C=C\C(=C/C)C(CCC)CCCC.C=C1C=CC=CC1CC.CCC(O)=C(C)C. The third-order valence-electron chi connectivity index (χ3n) is 5.30. The van der Waals surface area contributed by atoms with Crippen LogP contribution in [-0.4, -0.2) is 5.11 Å². The molecular weight excluding hydrogens is 364 g/mol. The molecule has 172 valence electrons. The summed E-state index contributed by atoms with van der Waals surface area (Å²) in [4.78, 5) is 0. The largest absolute Gasteiger partial charge is 0.512 e. The van der Waals surface area contributed by atoms with Crippen molar-refractivity contribution in [1.29, 1.82) is 0 Å². The molecule has 1 nitrogen and oxygen atoms in total. The fourth-order valence-electron chi connectivity index (χ4n) is 3.31. The van der Waals surface area contributed by atoms with Crippen LogP contribution in [0.4, 0.5) is 0 Å². The van der Waals surface area contributed by atoms with Gasteiger partial charge in [-0.25, -0.2) is 0 Å². The normalized spacial score (nSPS) is 16.5. The van der Waals surface area contributed by atoms with Crippen LogP contribution in [0, 0.1) is 11.8 Å². The molecule has 0 amide bonds. The zero-order chi connectivity index (χ0) is 23.4. The van der Waals surface area contributed by atoms with E-state index >= 15 is 0 Å². The Balaban J connectivity index is 0. The quantitative estimate of drug-likeness (QED) is 0.294. The van der Waals surface area contributed by atoms with E-state index < -0.39 is 0 Å². The predicted octanol–water partition coefficient (Wildman–Crippen LogP) is 10.1. The summed E-state index contributed by atoms with van der Waals surface area (Å²) < 4.78 is 0. The molecule has 0 aliphatic heterocycles. The molecule has 0 bridgehead atoms. The van der Waals surface area contributed by atoms with Crippen LogP contribution in [0.5, 0.6) is 0 Å². The van der Waals surface area contributed by atoms with Crippen molar-refractivity contribution in [2.45, 2.75) is 100 Å². The molecule has 0 aromatic carbocycles. The lowest BCUT2D eigenvalue weighted by Gasteiger charge is -2.17. The summed E-state index contributed by atoms with van der Waals surface area (Å²) in [5.41, 5.74) is 3.78. The third kappa shape index (κ3) is 15.1. The highest BCUT2D eigenvalue weighted by Gasteiger charge is 2.09. The van der Waals surface area contributed by atoms with E-state index in [2.05, 4.69) is 77.7 Å². The molecule has 0 saturated heterocycles. The maximum atomic E-state index is 8.81. The van der Waals surface area contributed by atoms with E-state index in [1.54, 1.807) is 0 Å². The van der Waals surface area contributed by atoms with Gasteiger partial charge in [-0.15, -0.1) is 0 Å². The van der Waals surface area contributed by atoms with Crippen molar-refractivity contribution in [3.63, 3.8) is 0 Å². The van der Waals surface area contributed by atoms with Gasteiger partial charge in [0, 0.05) is 12.3 Å². The maximum absolute atomic E-state index is 8.81. The second-order valence-corrected chi connectivity index (χ2v) is 8.05. The molecule has 1 rings (SSSR count). The topological polar surface area (TPSA) is 20.2 Å². The third-order valence-corrected chi connectivity index (χ3v) is 5.30. The van der Waals surface area contributed by atoms with E-state index in [4.69, 9.17) is 5.11 Å². The number of aliphatic hydroxyl groups excluding tert-OH is 1. The first-order valence-corrected chi connectivity index (χ1v) is 12.0. The van der Waals surface area contributed by atoms with Crippen molar-refractivity contribution < 1.29 is 5.11 Å². The number of hydrogen-bond acceptors (Lipinski definition) is 1. The van der Waals surface area contributed by atoms with Crippen molar-refractivity contribution in [1.82, 2.24) is 0 Å². The molecule has 0 aromatic heterocycles. The van der Waals surface area contributed by atoms with Crippen molar-refractivity contribution in [2.24, 2.45) is 11.8 Å². The Morgan fingerprint density at radius 1 is 1.07 bits per heavy atom. The molecule has 0 fully saturated rings. The molecule has 1 heteroatoms. The van der Waals surface area contributed by atoms with Gasteiger partial charge in [-0.2, -0.15) is 0 Å².